The zero-order valence-electron chi connectivity index (χ0n) is 17.0. The number of nitrogens with one attached hydrogen (secondary N) is 1. The van der Waals surface area contributed by atoms with Gasteiger partial charge >= 0.3 is 6.18 Å². The van der Waals surface area contributed by atoms with Crippen molar-refractivity contribution in [2.24, 2.45) is 10.3 Å². The van der Waals surface area contributed by atoms with Crippen LogP contribution in [0.5, 0.6) is 0 Å². The Balaban J connectivity index is 2.57. The molecule has 11 heteroatoms. The van der Waals surface area contributed by atoms with E-state index in [4.69, 9.17) is 21.3 Å². The zero-order chi connectivity index (χ0) is 23.7. The second-order valence-corrected chi connectivity index (χ2v) is 6.46. The van der Waals surface area contributed by atoms with Crippen molar-refractivity contribution in [2.45, 2.75) is 19.2 Å². The van der Waals surface area contributed by atoms with Gasteiger partial charge in [-0.05, 0) is 24.6 Å². The fraction of sp³-hybridized carbons (Fsp3) is 0.238. The number of halogens is 4. The molecule has 0 bridgehead atoms. The molecule has 0 aliphatic carbocycles. The van der Waals surface area contributed by atoms with Gasteiger partial charge in [-0.3, -0.25) is 14.9 Å². The van der Waals surface area contributed by atoms with Gasteiger partial charge in [0.2, 0.25) is 5.91 Å². The van der Waals surface area contributed by atoms with Gasteiger partial charge in [-0.15, -0.1) is 11.6 Å². The van der Waals surface area contributed by atoms with Crippen molar-refractivity contribution in [2.75, 3.05) is 13.0 Å². The second kappa shape index (κ2) is 11.3. The van der Waals surface area contributed by atoms with E-state index in [0.717, 1.165) is 12.1 Å². The van der Waals surface area contributed by atoms with Crippen LogP contribution in [0.15, 0.2) is 58.8 Å². The number of nitrogens with zero attached hydrogens (tertiary/aromatic N) is 2. The second-order valence-electron chi connectivity index (χ2n) is 6.19. The number of alkyl halides is 4. The maximum Gasteiger partial charge on any atom is 0.416 e. The number of imide groups is 1. The molecule has 0 heterocycles. The molecule has 0 spiro atoms. The summed E-state index contributed by atoms with van der Waals surface area (Å²) in [7, 11) is 1.21. The fourth-order valence-corrected chi connectivity index (χ4v) is 2.80. The van der Waals surface area contributed by atoms with Gasteiger partial charge in [0.25, 0.3) is 5.91 Å². The molecule has 32 heavy (non-hydrogen) atoms. The molecular weight excluding hydrogens is 451 g/mol. The number of amides is 2. The number of rotatable bonds is 8. The summed E-state index contributed by atoms with van der Waals surface area (Å²) in [5, 5.41) is 9.54. The SMILES string of the molecule is C/C=N/OC(c1ccc(C(F)(F)F)cc1)c1ccccc1/C(=N\OC)C(=O)NC(=O)CCl. The smallest absolute Gasteiger partial charge is 0.398 e. The lowest BCUT2D eigenvalue weighted by molar-refractivity contribution is -0.137. The van der Waals surface area contributed by atoms with Gasteiger partial charge in [-0.25, -0.2) is 0 Å². The Kier molecular flexibility index (Phi) is 8.77. The molecule has 2 aromatic rings. The third kappa shape index (κ3) is 6.30. The Hall–Kier alpha value is -3.40. The maximum absolute atomic E-state index is 13.0. The first-order chi connectivity index (χ1) is 15.2. The van der Waals surface area contributed by atoms with E-state index in [0.29, 0.717) is 11.1 Å². The molecule has 1 atom stereocenters. The minimum atomic E-state index is -4.50. The number of carbonyl (C=O) groups excluding carboxylic acids is 2. The van der Waals surface area contributed by atoms with Gasteiger partial charge in [0.1, 0.15) is 13.0 Å². The standard InChI is InChI=1S/C21H19ClF3N3O4/c1-3-26-32-19(13-8-10-14(11-9-13)21(23,24)25)16-7-5-4-6-15(16)18(28-31-2)20(30)27-17(29)12-22/h3-11,19H,12H2,1-2H3,(H,27,29,30)/b26-3+,28-18+. The first-order valence-corrected chi connectivity index (χ1v) is 9.67. The summed E-state index contributed by atoms with van der Waals surface area (Å²) in [6.07, 6.45) is -4.14. The minimum Gasteiger partial charge on any atom is -0.398 e. The fourth-order valence-electron chi connectivity index (χ4n) is 2.73. The van der Waals surface area contributed by atoms with Gasteiger partial charge in [0, 0.05) is 17.3 Å². The summed E-state index contributed by atoms with van der Waals surface area (Å²) in [5.74, 6) is -2.07. The summed E-state index contributed by atoms with van der Waals surface area (Å²) in [6.45, 7) is 1.60. The lowest BCUT2D eigenvalue weighted by atomic mass is 9.93. The van der Waals surface area contributed by atoms with Gasteiger partial charge in [0.05, 0.1) is 5.56 Å². The first kappa shape index (κ1) is 24.9. The molecule has 1 N–H and O–H groups in total. The van der Waals surface area contributed by atoms with E-state index in [9.17, 15) is 22.8 Å². The molecule has 2 aromatic carbocycles. The third-order valence-corrected chi connectivity index (χ3v) is 4.33. The van der Waals surface area contributed by atoms with Crippen molar-refractivity contribution < 1.29 is 32.4 Å². The Bertz CT molecular complexity index is 1010. The molecule has 0 saturated heterocycles. The van der Waals surface area contributed by atoms with E-state index < -0.39 is 35.5 Å². The average Bonchev–Trinajstić information content (AvgIpc) is 2.77. The highest BCUT2D eigenvalue weighted by Crippen LogP contribution is 2.33. The Labute approximate surface area is 186 Å². The van der Waals surface area contributed by atoms with Gasteiger partial charge in [-0.2, -0.15) is 13.2 Å². The lowest BCUT2D eigenvalue weighted by Gasteiger charge is -2.20. The predicted octanol–water partition coefficient (Wildman–Crippen LogP) is 4.05. The molecule has 0 saturated carbocycles. The van der Waals surface area contributed by atoms with Crippen LogP contribution in [0, 0.1) is 0 Å². The van der Waals surface area contributed by atoms with Crippen molar-refractivity contribution in [1.82, 2.24) is 5.32 Å². The molecule has 0 aliphatic heterocycles. The van der Waals surface area contributed by atoms with Crippen LogP contribution >= 0.6 is 11.6 Å². The van der Waals surface area contributed by atoms with Crippen LogP contribution in [-0.2, 0) is 25.4 Å². The Morgan fingerprint density at radius 3 is 2.38 bits per heavy atom. The number of carbonyl (C=O) groups is 2. The van der Waals surface area contributed by atoms with E-state index >= 15 is 0 Å². The number of hydrogen-bond acceptors (Lipinski definition) is 6. The van der Waals surface area contributed by atoms with E-state index in [2.05, 4.69) is 15.6 Å². The van der Waals surface area contributed by atoms with Crippen molar-refractivity contribution in [3.63, 3.8) is 0 Å². The maximum atomic E-state index is 13.0. The Morgan fingerprint density at radius 2 is 1.81 bits per heavy atom. The van der Waals surface area contributed by atoms with Crippen LogP contribution in [-0.4, -0.2) is 36.7 Å². The van der Waals surface area contributed by atoms with E-state index in [1.807, 2.05) is 0 Å². The molecule has 2 rings (SSSR count). The van der Waals surface area contributed by atoms with Crippen LogP contribution in [0.3, 0.4) is 0 Å². The summed E-state index contributed by atoms with van der Waals surface area (Å²) < 4.78 is 38.9. The van der Waals surface area contributed by atoms with Crippen molar-refractivity contribution in [3.8, 4) is 0 Å². The summed E-state index contributed by atoms with van der Waals surface area (Å²) in [4.78, 5) is 34.4. The normalized spacial score (nSPS) is 13.0. The van der Waals surface area contributed by atoms with Crippen LogP contribution in [0.2, 0.25) is 0 Å². The van der Waals surface area contributed by atoms with Gasteiger partial charge in [-0.1, -0.05) is 46.7 Å². The molecule has 0 fully saturated rings. The third-order valence-electron chi connectivity index (χ3n) is 4.08. The number of oxime groups is 2. The summed E-state index contributed by atoms with van der Waals surface area (Å²) in [6, 6.07) is 10.7. The van der Waals surface area contributed by atoms with Crippen LogP contribution < -0.4 is 5.32 Å². The van der Waals surface area contributed by atoms with Crippen LogP contribution in [0.4, 0.5) is 13.2 Å². The minimum absolute atomic E-state index is 0.213. The highest BCUT2D eigenvalue weighted by molar-refractivity contribution is 6.48. The first-order valence-electron chi connectivity index (χ1n) is 9.14. The molecule has 0 radical (unpaired) electrons. The molecule has 170 valence electrons. The highest BCUT2D eigenvalue weighted by atomic mass is 35.5. The highest BCUT2D eigenvalue weighted by Gasteiger charge is 2.31. The van der Waals surface area contributed by atoms with E-state index in [-0.39, 0.29) is 11.3 Å². The molecule has 0 aliphatic rings. The summed E-state index contributed by atoms with van der Waals surface area (Å²) >= 11 is 5.44. The van der Waals surface area contributed by atoms with E-state index in [1.165, 1.54) is 31.5 Å². The van der Waals surface area contributed by atoms with Crippen molar-refractivity contribution >= 4 is 35.3 Å². The summed E-state index contributed by atoms with van der Waals surface area (Å²) in [5.41, 5.74) is -0.187. The zero-order valence-corrected chi connectivity index (χ0v) is 17.8. The van der Waals surface area contributed by atoms with Gasteiger partial charge < -0.3 is 9.68 Å². The van der Waals surface area contributed by atoms with Crippen molar-refractivity contribution in [1.29, 1.82) is 0 Å². The average molecular weight is 470 g/mol. The topological polar surface area (TPSA) is 89.3 Å². The van der Waals surface area contributed by atoms with Crippen molar-refractivity contribution in [3.05, 3.63) is 70.8 Å². The van der Waals surface area contributed by atoms with Crippen LogP contribution in [0.1, 0.15) is 35.3 Å². The molecule has 1 unspecified atom stereocenters. The number of benzene rings is 2. The van der Waals surface area contributed by atoms with Crippen LogP contribution in [0.25, 0.3) is 0 Å². The molecule has 7 nitrogen and oxygen atoms in total. The Morgan fingerprint density at radius 1 is 1.16 bits per heavy atom. The largest absolute Gasteiger partial charge is 0.416 e. The molecule has 2 amide bonds. The molecule has 0 aromatic heterocycles. The van der Waals surface area contributed by atoms with E-state index in [1.54, 1.807) is 25.1 Å². The quantitative estimate of drug-likeness (QED) is 0.359. The van der Waals surface area contributed by atoms with Gasteiger partial charge in [0.15, 0.2) is 11.8 Å². The monoisotopic (exact) mass is 469 g/mol. The lowest BCUT2D eigenvalue weighted by Crippen LogP contribution is -2.37. The predicted molar refractivity (Wildman–Crippen MR) is 112 cm³/mol. The molecular formula is C21H19ClF3N3O4. The number of hydrogen-bond donors (Lipinski definition) is 1.